The van der Waals surface area contributed by atoms with Crippen molar-refractivity contribution >= 4 is 35.0 Å². The number of halogens is 1. The maximum absolute atomic E-state index is 12.7. The fraction of sp³-hybridized carbons (Fsp3) is 0.167. The lowest BCUT2D eigenvalue weighted by Gasteiger charge is -2.17. The van der Waals surface area contributed by atoms with E-state index in [9.17, 15) is 4.79 Å². The van der Waals surface area contributed by atoms with Gasteiger partial charge < -0.3 is 9.47 Å². The molecule has 128 valence electrons. The van der Waals surface area contributed by atoms with E-state index in [0.29, 0.717) is 10.7 Å². The van der Waals surface area contributed by atoms with Gasteiger partial charge in [0.25, 0.3) is 5.91 Å². The Morgan fingerprint density at radius 3 is 2.76 bits per heavy atom. The minimum atomic E-state index is -0.142. The summed E-state index contributed by atoms with van der Waals surface area (Å²) in [5.74, 6) is -0.142. The summed E-state index contributed by atoms with van der Waals surface area (Å²) in [6.45, 7) is 1.99. The van der Waals surface area contributed by atoms with Gasteiger partial charge in [0.1, 0.15) is 5.69 Å². The van der Waals surface area contributed by atoms with Gasteiger partial charge in [0.05, 0.1) is 18.1 Å². The van der Waals surface area contributed by atoms with Crippen LogP contribution in [0.1, 0.15) is 16.1 Å². The topological polar surface area (TPSA) is 51.0 Å². The summed E-state index contributed by atoms with van der Waals surface area (Å²) < 4.78 is 1.79. The second kappa shape index (κ2) is 7.29. The Balaban J connectivity index is 1.84. The number of benzene rings is 1. The van der Waals surface area contributed by atoms with Gasteiger partial charge in [-0.2, -0.15) is 0 Å². The largest absolute Gasteiger partial charge is 0.318 e. The van der Waals surface area contributed by atoms with Gasteiger partial charge in [-0.15, -0.1) is 0 Å². The van der Waals surface area contributed by atoms with Crippen LogP contribution in [-0.2, 0) is 7.05 Å². The molecule has 0 fully saturated rings. The first-order valence-corrected chi connectivity index (χ1v) is 8.80. The third kappa shape index (κ3) is 3.86. The van der Waals surface area contributed by atoms with Crippen molar-refractivity contribution in [1.82, 2.24) is 14.5 Å². The van der Waals surface area contributed by atoms with Crippen LogP contribution in [0.3, 0.4) is 0 Å². The molecule has 2 heterocycles. The van der Waals surface area contributed by atoms with Crippen LogP contribution in [0.15, 0.2) is 59.0 Å². The summed E-state index contributed by atoms with van der Waals surface area (Å²) in [5.41, 5.74) is 2.32. The van der Waals surface area contributed by atoms with Gasteiger partial charge in [0.15, 0.2) is 5.16 Å². The maximum Gasteiger partial charge on any atom is 0.276 e. The molecule has 0 aliphatic carbocycles. The van der Waals surface area contributed by atoms with Crippen LogP contribution in [0, 0.1) is 6.92 Å². The van der Waals surface area contributed by atoms with Gasteiger partial charge in [-0.1, -0.05) is 23.4 Å². The minimum absolute atomic E-state index is 0.142. The zero-order valence-electron chi connectivity index (χ0n) is 14.1. The number of hydrogen-bond donors (Lipinski definition) is 0. The minimum Gasteiger partial charge on any atom is -0.318 e. The molecule has 5 nitrogen and oxygen atoms in total. The van der Waals surface area contributed by atoms with E-state index in [1.165, 1.54) is 11.8 Å². The van der Waals surface area contributed by atoms with Gasteiger partial charge >= 0.3 is 0 Å². The molecule has 0 aliphatic heterocycles. The molecule has 0 spiro atoms. The van der Waals surface area contributed by atoms with Crippen molar-refractivity contribution < 1.29 is 4.79 Å². The number of hydrogen-bond acceptors (Lipinski definition) is 4. The summed E-state index contributed by atoms with van der Waals surface area (Å²) in [7, 11) is 3.55. The van der Waals surface area contributed by atoms with Crippen molar-refractivity contribution in [1.29, 1.82) is 0 Å². The first-order chi connectivity index (χ1) is 12.0. The zero-order valence-corrected chi connectivity index (χ0v) is 15.7. The molecule has 0 atom stereocenters. The SMILES string of the molecule is Cc1cc(Cl)cc(Sc2ncc(C(=O)N(C)c3cccnc3)n2C)c1. The number of nitrogens with zero attached hydrogens (tertiary/aromatic N) is 4. The van der Waals surface area contributed by atoms with Crippen LogP contribution < -0.4 is 4.90 Å². The van der Waals surface area contributed by atoms with Gasteiger partial charge in [0.2, 0.25) is 0 Å². The highest BCUT2D eigenvalue weighted by molar-refractivity contribution is 7.99. The van der Waals surface area contributed by atoms with Crippen molar-refractivity contribution in [3.63, 3.8) is 0 Å². The van der Waals surface area contributed by atoms with Crippen LogP contribution >= 0.6 is 23.4 Å². The number of aryl methyl sites for hydroxylation is 1. The fourth-order valence-electron chi connectivity index (χ4n) is 2.39. The standard InChI is InChI=1S/C18H17ClN4OS/c1-12-7-13(19)9-15(8-12)25-18-21-11-16(23(18)3)17(24)22(2)14-5-4-6-20-10-14/h4-11H,1-3H3. The maximum atomic E-state index is 12.7. The van der Waals surface area contributed by atoms with E-state index >= 15 is 0 Å². The molecule has 1 aromatic carbocycles. The zero-order chi connectivity index (χ0) is 18.0. The summed E-state index contributed by atoms with van der Waals surface area (Å²) in [6.07, 6.45) is 4.92. The average Bonchev–Trinajstić information content (AvgIpc) is 2.94. The fourth-order valence-corrected chi connectivity index (χ4v) is 3.73. The molecule has 0 unspecified atom stereocenters. The Labute approximate surface area is 155 Å². The Morgan fingerprint density at radius 1 is 1.28 bits per heavy atom. The number of carbonyl (C=O) groups is 1. The van der Waals surface area contributed by atoms with E-state index in [1.807, 2.05) is 38.2 Å². The number of rotatable bonds is 4. The Hall–Kier alpha value is -2.31. The molecular formula is C18H17ClN4OS. The number of amides is 1. The van der Waals surface area contributed by atoms with Crippen LogP contribution in [-0.4, -0.2) is 27.5 Å². The van der Waals surface area contributed by atoms with Crippen molar-refractivity contribution in [3.05, 3.63) is 65.2 Å². The lowest BCUT2D eigenvalue weighted by Crippen LogP contribution is -2.28. The highest BCUT2D eigenvalue weighted by Crippen LogP contribution is 2.30. The van der Waals surface area contributed by atoms with Crippen molar-refractivity contribution in [2.75, 3.05) is 11.9 Å². The summed E-state index contributed by atoms with van der Waals surface area (Å²) in [5, 5.41) is 1.41. The first-order valence-electron chi connectivity index (χ1n) is 7.60. The highest BCUT2D eigenvalue weighted by atomic mass is 35.5. The predicted octanol–water partition coefficient (Wildman–Crippen LogP) is 4.20. The normalized spacial score (nSPS) is 10.7. The second-order valence-electron chi connectivity index (χ2n) is 5.63. The predicted molar refractivity (Wildman–Crippen MR) is 100 cm³/mol. The Morgan fingerprint density at radius 2 is 2.08 bits per heavy atom. The molecule has 7 heteroatoms. The molecule has 2 aromatic heterocycles. The van der Waals surface area contributed by atoms with Crippen molar-refractivity contribution in [2.45, 2.75) is 17.0 Å². The molecule has 1 amide bonds. The van der Waals surface area contributed by atoms with Crippen LogP contribution in [0.25, 0.3) is 0 Å². The average molecular weight is 373 g/mol. The summed E-state index contributed by atoms with van der Waals surface area (Å²) in [6, 6.07) is 9.46. The monoisotopic (exact) mass is 372 g/mol. The van der Waals surface area contributed by atoms with Crippen LogP contribution in [0.5, 0.6) is 0 Å². The third-order valence-electron chi connectivity index (χ3n) is 3.73. The lowest BCUT2D eigenvalue weighted by molar-refractivity contribution is 0.0984. The second-order valence-corrected chi connectivity index (χ2v) is 7.10. The molecule has 0 saturated heterocycles. The molecule has 0 aliphatic rings. The van der Waals surface area contributed by atoms with E-state index in [4.69, 9.17) is 11.6 Å². The van der Waals surface area contributed by atoms with Crippen LogP contribution in [0.4, 0.5) is 5.69 Å². The molecule has 25 heavy (non-hydrogen) atoms. The highest BCUT2D eigenvalue weighted by Gasteiger charge is 2.19. The number of anilines is 1. The number of carbonyl (C=O) groups excluding carboxylic acids is 1. The molecule has 3 rings (SSSR count). The number of aromatic nitrogens is 3. The lowest BCUT2D eigenvalue weighted by atomic mass is 10.2. The van der Waals surface area contributed by atoms with E-state index in [-0.39, 0.29) is 5.91 Å². The summed E-state index contributed by atoms with van der Waals surface area (Å²) >= 11 is 7.59. The van der Waals surface area contributed by atoms with E-state index in [1.54, 1.807) is 41.2 Å². The Kier molecular flexibility index (Phi) is 5.11. The Bertz CT molecular complexity index is 890. The van der Waals surface area contributed by atoms with Crippen LogP contribution in [0.2, 0.25) is 5.02 Å². The van der Waals surface area contributed by atoms with Gasteiger partial charge in [-0.3, -0.25) is 9.78 Å². The quantitative estimate of drug-likeness (QED) is 0.688. The number of pyridine rings is 1. The first kappa shape index (κ1) is 17.5. The third-order valence-corrected chi connectivity index (χ3v) is 4.98. The van der Waals surface area contributed by atoms with Crippen molar-refractivity contribution in [2.24, 2.45) is 7.05 Å². The number of imidazole rings is 1. The van der Waals surface area contributed by atoms with Crippen molar-refractivity contribution in [3.8, 4) is 0 Å². The summed E-state index contributed by atoms with van der Waals surface area (Å²) in [4.78, 5) is 23.7. The van der Waals surface area contributed by atoms with E-state index in [0.717, 1.165) is 21.3 Å². The van der Waals surface area contributed by atoms with Gasteiger partial charge in [-0.05, 0) is 42.8 Å². The molecule has 0 bridgehead atoms. The molecule has 0 saturated carbocycles. The molecule has 0 radical (unpaired) electrons. The smallest absolute Gasteiger partial charge is 0.276 e. The van der Waals surface area contributed by atoms with E-state index < -0.39 is 0 Å². The van der Waals surface area contributed by atoms with Gasteiger partial charge in [-0.25, -0.2) is 4.98 Å². The molecule has 3 aromatic rings. The van der Waals surface area contributed by atoms with E-state index in [2.05, 4.69) is 9.97 Å². The molecule has 0 N–H and O–H groups in total. The molecular weight excluding hydrogens is 356 g/mol. The van der Waals surface area contributed by atoms with Gasteiger partial charge in [0, 0.05) is 30.2 Å².